The van der Waals surface area contributed by atoms with Crippen LogP contribution in [-0.4, -0.2) is 50.1 Å². The summed E-state index contributed by atoms with van der Waals surface area (Å²) in [4.78, 5) is 13.5. The first-order valence-electron chi connectivity index (χ1n) is 6.95. The van der Waals surface area contributed by atoms with E-state index in [0.717, 1.165) is 11.1 Å². The Morgan fingerprint density at radius 1 is 1.33 bits per heavy atom. The van der Waals surface area contributed by atoms with Crippen molar-refractivity contribution in [3.63, 3.8) is 0 Å². The van der Waals surface area contributed by atoms with E-state index < -0.39 is 12.1 Å². The first-order valence-corrected chi connectivity index (χ1v) is 6.95. The Labute approximate surface area is 124 Å². The average molecular weight is 295 g/mol. The lowest BCUT2D eigenvalue weighted by atomic mass is 9.92. The van der Waals surface area contributed by atoms with Crippen LogP contribution in [0, 0.1) is 0 Å². The molecule has 1 heterocycles. The maximum atomic E-state index is 12.0. The van der Waals surface area contributed by atoms with Crippen LogP contribution in [-0.2, 0) is 11.2 Å². The lowest BCUT2D eigenvalue weighted by Crippen LogP contribution is -2.42. The van der Waals surface area contributed by atoms with Gasteiger partial charge in [0, 0.05) is 6.54 Å². The Hall–Kier alpha value is -1.95. The third-order valence-electron chi connectivity index (χ3n) is 3.68. The highest BCUT2D eigenvalue weighted by Crippen LogP contribution is 2.38. The minimum atomic E-state index is -0.424. The van der Waals surface area contributed by atoms with Crippen LogP contribution in [0.3, 0.4) is 0 Å². The molecule has 0 saturated carbocycles. The van der Waals surface area contributed by atoms with Gasteiger partial charge in [0.15, 0.2) is 11.5 Å². The van der Waals surface area contributed by atoms with Gasteiger partial charge in [0.05, 0.1) is 33.5 Å². The molecule has 116 valence electrons. The number of ether oxygens (including phenoxy) is 3. The van der Waals surface area contributed by atoms with Crippen molar-refractivity contribution >= 4 is 6.09 Å². The van der Waals surface area contributed by atoms with Crippen molar-refractivity contribution in [3.8, 4) is 11.5 Å². The Balaban J connectivity index is 2.39. The first-order chi connectivity index (χ1) is 10.2. The third-order valence-corrected chi connectivity index (χ3v) is 3.68. The predicted octanol–water partition coefficient (Wildman–Crippen LogP) is 1.75. The molecule has 2 rings (SSSR count). The van der Waals surface area contributed by atoms with Crippen LogP contribution in [0.5, 0.6) is 11.5 Å². The van der Waals surface area contributed by atoms with E-state index in [-0.39, 0.29) is 6.61 Å². The van der Waals surface area contributed by atoms with Gasteiger partial charge in [-0.1, -0.05) is 0 Å². The second kappa shape index (κ2) is 6.67. The SMILES string of the molecule is CCOC(=O)N1CCc2cc(OC)c(OC)cc2[C@H]1CO. The minimum absolute atomic E-state index is 0.165. The average Bonchev–Trinajstić information content (AvgIpc) is 2.52. The summed E-state index contributed by atoms with van der Waals surface area (Å²) in [5.74, 6) is 1.23. The third kappa shape index (κ3) is 2.90. The van der Waals surface area contributed by atoms with Gasteiger partial charge in [-0.3, -0.25) is 4.90 Å². The largest absolute Gasteiger partial charge is 0.493 e. The van der Waals surface area contributed by atoms with Gasteiger partial charge in [0.25, 0.3) is 0 Å². The van der Waals surface area contributed by atoms with Crippen LogP contribution < -0.4 is 9.47 Å². The quantitative estimate of drug-likeness (QED) is 0.916. The van der Waals surface area contributed by atoms with Crippen LogP contribution in [0.4, 0.5) is 4.79 Å². The smallest absolute Gasteiger partial charge is 0.410 e. The van der Waals surface area contributed by atoms with Gasteiger partial charge in [-0.25, -0.2) is 4.79 Å². The van der Waals surface area contributed by atoms with E-state index in [0.29, 0.717) is 31.1 Å². The molecule has 0 bridgehead atoms. The number of amides is 1. The van der Waals surface area contributed by atoms with Crippen LogP contribution in [0.1, 0.15) is 24.1 Å². The fraction of sp³-hybridized carbons (Fsp3) is 0.533. The second-order valence-electron chi connectivity index (χ2n) is 4.75. The summed E-state index contributed by atoms with van der Waals surface area (Å²) in [5.41, 5.74) is 1.92. The predicted molar refractivity (Wildman–Crippen MR) is 76.8 cm³/mol. The molecule has 1 N–H and O–H groups in total. The highest BCUT2D eigenvalue weighted by molar-refractivity contribution is 5.69. The lowest BCUT2D eigenvalue weighted by molar-refractivity contribution is 0.0677. The van der Waals surface area contributed by atoms with E-state index in [1.807, 2.05) is 12.1 Å². The summed E-state index contributed by atoms with van der Waals surface area (Å²) in [6.45, 7) is 2.41. The number of methoxy groups -OCH3 is 2. The summed E-state index contributed by atoms with van der Waals surface area (Å²) < 4.78 is 15.6. The molecule has 1 atom stereocenters. The maximum Gasteiger partial charge on any atom is 0.410 e. The number of nitrogens with zero attached hydrogens (tertiary/aromatic N) is 1. The van der Waals surface area contributed by atoms with E-state index >= 15 is 0 Å². The number of aliphatic hydroxyl groups excluding tert-OH is 1. The van der Waals surface area contributed by atoms with Crippen molar-refractivity contribution < 1.29 is 24.1 Å². The number of aliphatic hydroxyl groups is 1. The molecule has 21 heavy (non-hydrogen) atoms. The molecule has 6 heteroatoms. The van der Waals surface area contributed by atoms with Gasteiger partial charge in [0.2, 0.25) is 0 Å². The standard InChI is InChI=1S/C15H21NO5/c1-4-21-15(18)16-6-5-10-7-13(19-2)14(20-3)8-11(10)12(16)9-17/h7-8,12,17H,4-6,9H2,1-3H3/t12-/m1/s1. The van der Waals surface area contributed by atoms with Gasteiger partial charge in [-0.15, -0.1) is 0 Å². The molecule has 1 aliphatic heterocycles. The Bertz CT molecular complexity index is 517. The van der Waals surface area contributed by atoms with Crippen LogP contribution >= 0.6 is 0 Å². The highest BCUT2D eigenvalue weighted by atomic mass is 16.6. The fourth-order valence-corrected chi connectivity index (χ4v) is 2.65. The normalized spacial score (nSPS) is 17.1. The number of fused-ring (bicyclic) bond motifs is 1. The summed E-state index contributed by atoms with van der Waals surface area (Å²) in [5, 5.41) is 9.69. The van der Waals surface area contributed by atoms with E-state index in [1.165, 1.54) is 0 Å². The zero-order valence-corrected chi connectivity index (χ0v) is 12.6. The number of hydrogen-bond donors (Lipinski definition) is 1. The fourth-order valence-electron chi connectivity index (χ4n) is 2.65. The second-order valence-corrected chi connectivity index (χ2v) is 4.75. The van der Waals surface area contributed by atoms with E-state index in [9.17, 15) is 9.90 Å². The molecule has 1 aromatic carbocycles. The monoisotopic (exact) mass is 295 g/mol. The summed E-state index contributed by atoms with van der Waals surface area (Å²) in [6, 6.07) is 3.30. The zero-order chi connectivity index (χ0) is 15.4. The van der Waals surface area contributed by atoms with Gasteiger partial charge in [-0.05, 0) is 36.6 Å². The van der Waals surface area contributed by atoms with Crippen LogP contribution in [0.2, 0.25) is 0 Å². The molecular formula is C15H21NO5. The molecule has 1 amide bonds. The van der Waals surface area contributed by atoms with E-state index in [1.54, 1.807) is 26.0 Å². The van der Waals surface area contributed by atoms with E-state index in [2.05, 4.69) is 0 Å². The number of benzene rings is 1. The summed E-state index contributed by atoms with van der Waals surface area (Å²) in [7, 11) is 3.14. The topological polar surface area (TPSA) is 68.2 Å². The number of carbonyl (C=O) groups excluding carboxylic acids is 1. The van der Waals surface area contributed by atoms with Gasteiger partial charge < -0.3 is 19.3 Å². The van der Waals surface area contributed by atoms with Crippen molar-refractivity contribution in [2.24, 2.45) is 0 Å². The zero-order valence-electron chi connectivity index (χ0n) is 12.6. The molecule has 0 aliphatic carbocycles. The van der Waals surface area contributed by atoms with Crippen molar-refractivity contribution in [1.29, 1.82) is 0 Å². The van der Waals surface area contributed by atoms with Crippen LogP contribution in [0.15, 0.2) is 12.1 Å². The maximum absolute atomic E-state index is 12.0. The molecule has 6 nitrogen and oxygen atoms in total. The molecule has 0 fully saturated rings. The number of hydrogen-bond acceptors (Lipinski definition) is 5. The molecule has 0 unspecified atom stereocenters. The highest BCUT2D eigenvalue weighted by Gasteiger charge is 2.32. The minimum Gasteiger partial charge on any atom is -0.493 e. The molecule has 1 aromatic rings. The van der Waals surface area contributed by atoms with Crippen LogP contribution in [0.25, 0.3) is 0 Å². The molecule has 0 radical (unpaired) electrons. The first kappa shape index (κ1) is 15.4. The van der Waals surface area contributed by atoms with Crippen molar-refractivity contribution in [1.82, 2.24) is 4.90 Å². The molecular weight excluding hydrogens is 274 g/mol. The van der Waals surface area contributed by atoms with Gasteiger partial charge >= 0.3 is 6.09 Å². The molecule has 0 spiro atoms. The number of rotatable bonds is 4. The van der Waals surface area contributed by atoms with Crippen molar-refractivity contribution in [2.75, 3.05) is 34.0 Å². The summed E-state index contributed by atoms with van der Waals surface area (Å²) in [6.07, 6.45) is 0.280. The Morgan fingerprint density at radius 2 is 2.00 bits per heavy atom. The van der Waals surface area contributed by atoms with Gasteiger partial charge in [0.1, 0.15) is 0 Å². The van der Waals surface area contributed by atoms with Crippen molar-refractivity contribution in [2.45, 2.75) is 19.4 Å². The van der Waals surface area contributed by atoms with Gasteiger partial charge in [-0.2, -0.15) is 0 Å². The lowest BCUT2D eigenvalue weighted by Gasteiger charge is -2.35. The molecule has 0 aromatic heterocycles. The molecule has 0 saturated heterocycles. The molecule has 1 aliphatic rings. The number of carbonyl (C=O) groups is 1. The summed E-state index contributed by atoms with van der Waals surface area (Å²) >= 11 is 0. The Morgan fingerprint density at radius 3 is 2.57 bits per heavy atom. The Kier molecular flexibility index (Phi) is 4.90. The van der Waals surface area contributed by atoms with Crippen molar-refractivity contribution in [3.05, 3.63) is 23.3 Å². The van der Waals surface area contributed by atoms with E-state index in [4.69, 9.17) is 14.2 Å².